The van der Waals surface area contributed by atoms with Crippen molar-refractivity contribution in [2.24, 2.45) is 5.92 Å². The van der Waals surface area contributed by atoms with Gasteiger partial charge in [0.25, 0.3) is 0 Å². The lowest BCUT2D eigenvalue weighted by atomic mass is 9.73. The van der Waals surface area contributed by atoms with Gasteiger partial charge < -0.3 is 10.2 Å². The van der Waals surface area contributed by atoms with E-state index in [9.17, 15) is 15.0 Å². The van der Waals surface area contributed by atoms with Crippen molar-refractivity contribution in [3.05, 3.63) is 29.8 Å². The smallest absolute Gasteiger partial charge is 0.314 e. The zero-order chi connectivity index (χ0) is 11.6. The molecule has 15 heavy (non-hydrogen) atoms. The summed E-state index contributed by atoms with van der Waals surface area (Å²) in [6.07, 6.45) is 0. The van der Waals surface area contributed by atoms with E-state index in [-0.39, 0.29) is 11.7 Å². The summed E-state index contributed by atoms with van der Waals surface area (Å²) in [5, 5.41) is 18.6. The Morgan fingerprint density at radius 2 is 2.00 bits per heavy atom. The lowest BCUT2D eigenvalue weighted by Gasteiger charge is -2.29. The minimum Gasteiger partial charge on any atom is -0.508 e. The van der Waals surface area contributed by atoms with E-state index in [1.807, 2.05) is 13.8 Å². The highest BCUT2D eigenvalue weighted by Crippen LogP contribution is 2.33. The largest absolute Gasteiger partial charge is 0.508 e. The van der Waals surface area contributed by atoms with Crippen molar-refractivity contribution in [1.82, 2.24) is 0 Å². The molecule has 82 valence electrons. The Kier molecular flexibility index (Phi) is 3.03. The molecule has 2 N–H and O–H groups in total. The van der Waals surface area contributed by atoms with Crippen LogP contribution in [-0.4, -0.2) is 16.2 Å². The van der Waals surface area contributed by atoms with Crippen LogP contribution in [0.2, 0.25) is 0 Å². The van der Waals surface area contributed by atoms with Gasteiger partial charge in [0.05, 0.1) is 5.41 Å². The predicted octanol–water partition coefficient (Wildman–Crippen LogP) is 2.39. The standard InChI is InChI=1S/C12H16O3/c1-8(2)12(3,11(14)15)9-5-4-6-10(13)7-9/h4-8,13H,1-3H3,(H,14,15). The Bertz CT molecular complexity index is 371. The van der Waals surface area contributed by atoms with Gasteiger partial charge >= 0.3 is 5.97 Å². The van der Waals surface area contributed by atoms with Crippen LogP contribution < -0.4 is 0 Å². The van der Waals surface area contributed by atoms with E-state index in [0.29, 0.717) is 5.56 Å². The molecule has 0 bridgehead atoms. The molecule has 0 amide bonds. The van der Waals surface area contributed by atoms with Crippen molar-refractivity contribution in [3.63, 3.8) is 0 Å². The number of hydrogen-bond acceptors (Lipinski definition) is 2. The molecule has 0 aliphatic rings. The number of phenolic OH excluding ortho intramolecular Hbond substituents is 1. The minimum atomic E-state index is -0.960. The molecule has 0 heterocycles. The van der Waals surface area contributed by atoms with Crippen LogP contribution in [0.1, 0.15) is 26.3 Å². The molecule has 1 rings (SSSR count). The Balaban J connectivity index is 3.28. The van der Waals surface area contributed by atoms with E-state index in [4.69, 9.17) is 0 Å². The number of carbonyl (C=O) groups is 1. The fourth-order valence-electron chi connectivity index (χ4n) is 1.53. The van der Waals surface area contributed by atoms with Crippen molar-refractivity contribution < 1.29 is 15.0 Å². The summed E-state index contributed by atoms with van der Waals surface area (Å²) in [5.74, 6) is -0.819. The van der Waals surface area contributed by atoms with Crippen molar-refractivity contribution in [2.45, 2.75) is 26.2 Å². The molecule has 0 radical (unpaired) electrons. The van der Waals surface area contributed by atoms with E-state index in [0.717, 1.165) is 0 Å². The van der Waals surface area contributed by atoms with Crippen LogP contribution in [0.25, 0.3) is 0 Å². The highest BCUT2D eigenvalue weighted by atomic mass is 16.4. The van der Waals surface area contributed by atoms with Gasteiger partial charge in [-0.05, 0) is 30.5 Å². The molecular weight excluding hydrogens is 192 g/mol. The van der Waals surface area contributed by atoms with Crippen LogP contribution in [0, 0.1) is 5.92 Å². The van der Waals surface area contributed by atoms with Gasteiger partial charge in [0, 0.05) is 0 Å². The first kappa shape index (κ1) is 11.6. The third-order valence-corrected chi connectivity index (χ3v) is 3.04. The highest BCUT2D eigenvalue weighted by Gasteiger charge is 2.38. The molecule has 1 aromatic carbocycles. The third kappa shape index (κ3) is 1.96. The summed E-state index contributed by atoms with van der Waals surface area (Å²) in [5.41, 5.74) is -0.330. The predicted molar refractivity (Wildman–Crippen MR) is 57.9 cm³/mol. The summed E-state index contributed by atoms with van der Waals surface area (Å²) in [6.45, 7) is 5.39. The van der Waals surface area contributed by atoms with Crippen molar-refractivity contribution >= 4 is 5.97 Å². The van der Waals surface area contributed by atoms with E-state index < -0.39 is 11.4 Å². The van der Waals surface area contributed by atoms with Crippen LogP contribution in [-0.2, 0) is 10.2 Å². The van der Waals surface area contributed by atoms with E-state index in [1.165, 1.54) is 12.1 Å². The maximum absolute atomic E-state index is 11.3. The number of rotatable bonds is 3. The van der Waals surface area contributed by atoms with Gasteiger partial charge in [-0.1, -0.05) is 26.0 Å². The monoisotopic (exact) mass is 208 g/mol. The number of hydrogen-bond donors (Lipinski definition) is 2. The Morgan fingerprint density at radius 3 is 2.40 bits per heavy atom. The van der Waals surface area contributed by atoms with Gasteiger partial charge in [-0.3, -0.25) is 4.79 Å². The van der Waals surface area contributed by atoms with Crippen LogP contribution in [0.15, 0.2) is 24.3 Å². The van der Waals surface area contributed by atoms with Crippen molar-refractivity contribution in [2.75, 3.05) is 0 Å². The Labute approximate surface area is 89.4 Å². The summed E-state index contributed by atoms with van der Waals surface area (Å²) >= 11 is 0. The molecule has 0 aliphatic carbocycles. The zero-order valence-electron chi connectivity index (χ0n) is 9.19. The maximum Gasteiger partial charge on any atom is 0.314 e. The molecule has 0 saturated carbocycles. The second-order valence-corrected chi connectivity index (χ2v) is 4.21. The second kappa shape index (κ2) is 3.93. The number of carboxylic acid groups (broad SMARTS) is 1. The molecule has 0 spiro atoms. The summed E-state index contributed by atoms with van der Waals surface area (Å²) < 4.78 is 0. The number of aromatic hydroxyl groups is 1. The molecule has 0 fully saturated rings. The molecule has 1 aromatic rings. The minimum absolute atomic E-state index is 0.0446. The summed E-state index contributed by atoms with van der Waals surface area (Å²) in [7, 11) is 0. The fourth-order valence-corrected chi connectivity index (χ4v) is 1.53. The van der Waals surface area contributed by atoms with Gasteiger partial charge in [-0.2, -0.15) is 0 Å². The zero-order valence-corrected chi connectivity index (χ0v) is 9.19. The average molecular weight is 208 g/mol. The van der Waals surface area contributed by atoms with Crippen molar-refractivity contribution in [3.8, 4) is 5.75 Å². The Morgan fingerprint density at radius 1 is 1.40 bits per heavy atom. The van der Waals surface area contributed by atoms with Gasteiger partial charge in [0.1, 0.15) is 5.75 Å². The molecule has 3 heteroatoms. The second-order valence-electron chi connectivity index (χ2n) is 4.21. The summed E-state index contributed by atoms with van der Waals surface area (Å²) in [4.78, 5) is 11.3. The molecule has 0 aromatic heterocycles. The number of carboxylic acids is 1. The number of phenols is 1. The highest BCUT2D eigenvalue weighted by molar-refractivity contribution is 5.81. The van der Waals surface area contributed by atoms with Crippen LogP contribution in [0.3, 0.4) is 0 Å². The molecular formula is C12H16O3. The van der Waals surface area contributed by atoms with E-state index in [1.54, 1.807) is 19.1 Å². The third-order valence-electron chi connectivity index (χ3n) is 3.04. The van der Waals surface area contributed by atoms with Crippen LogP contribution in [0.5, 0.6) is 5.75 Å². The Hall–Kier alpha value is -1.51. The topological polar surface area (TPSA) is 57.5 Å². The van der Waals surface area contributed by atoms with Gasteiger partial charge in [-0.25, -0.2) is 0 Å². The summed E-state index contributed by atoms with van der Waals surface area (Å²) in [6, 6.07) is 6.43. The lowest BCUT2D eigenvalue weighted by molar-refractivity contribution is -0.145. The number of benzene rings is 1. The van der Waals surface area contributed by atoms with E-state index in [2.05, 4.69) is 0 Å². The molecule has 0 saturated heterocycles. The first-order valence-corrected chi connectivity index (χ1v) is 4.92. The van der Waals surface area contributed by atoms with Gasteiger partial charge in [0.2, 0.25) is 0 Å². The lowest BCUT2D eigenvalue weighted by Crippen LogP contribution is -2.37. The molecule has 1 atom stereocenters. The fraction of sp³-hybridized carbons (Fsp3) is 0.417. The SMILES string of the molecule is CC(C)C(C)(C(=O)O)c1cccc(O)c1. The number of aliphatic carboxylic acids is 1. The molecule has 1 unspecified atom stereocenters. The van der Waals surface area contributed by atoms with E-state index >= 15 is 0 Å². The van der Waals surface area contributed by atoms with Gasteiger partial charge in [0.15, 0.2) is 0 Å². The van der Waals surface area contributed by atoms with Gasteiger partial charge in [-0.15, -0.1) is 0 Å². The molecule has 3 nitrogen and oxygen atoms in total. The van der Waals surface area contributed by atoms with Crippen molar-refractivity contribution in [1.29, 1.82) is 0 Å². The maximum atomic E-state index is 11.3. The quantitative estimate of drug-likeness (QED) is 0.801. The van der Waals surface area contributed by atoms with Crippen LogP contribution >= 0.6 is 0 Å². The normalized spacial score (nSPS) is 14.9. The average Bonchev–Trinajstić information content (AvgIpc) is 2.15. The van der Waals surface area contributed by atoms with Crippen LogP contribution in [0.4, 0.5) is 0 Å². The molecule has 0 aliphatic heterocycles. The first-order valence-electron chi connectivity index (χ1n) is 4.92. The first-order chi connectivity index (χ1) is 6.89.